The van der Waals surface area contributed by atoms with E-state index >= 15 is 0 Å². The zero-order chi connectivity index (χ0) is 15.3. The Kier molecular flexibility index (Phi) is 5.43. The molecule has 1 rings (SSSR count). The zero-order valence-electron chi connectivity index (χ0n) is 12.2. The van der Waals surface area contributed by atoms with Crippen LogP contribution in [0.4, 0.5) is 5.69 Å². The molecule has 0 aromatic heterocycles. The van der Waals surface area contributed by atoms with Crippen LogP contribution in [0.5, 0.6) is 0 Å². The lowest BCUT2D eigenvalue weighted by Gasteiger charge is -2.20. The van der Waals surface area contributed by atoms with Gasteiger partial charge in [0.05, 0.1) is 0 Å². The van der Waals surface area contributed by atoms with Gasteiger partial charge in [-0.15, -0.1) is 0 Å². The van der Waals surface area contributed by atoms with Gasteiger partial charge in [0.15, 0.2) is 5.78 Å². The molecule has 0 spiro atoms. The number of benzene rings is 1. The van der Waals surface area contributed by atoms with Crippen LogP contribution in [-0.4, -0.2) is 23.6 Å². The molecule has 1 atom stereocenters. The molecular formula is C15H20N2O3. The summed E-state index contributed by atoms with van der Waals surface area (Å²) in [6.07, 6.45) is 0. The third kappa shape index (κ3) is 4.50. The van der Waals surface area contributed by atoms with Crippen molar-refractivity contribution in [1.82, 2.24) is 5.32 Å². The molecule has 108 valence electrons. The summed E-state index contributed by atoms with van der Waals surface area (Å²) in [6, 6.07) is 6.06. The predicted octanol–water partition coefficient (Wildman–Crippen LogP) is 1.99. The Labute approximate surface area is 118 Å². The normalized spacial score (nSPS) is 11.8. The van der Waals surface area contributed by atoms with Gasteiger partial charge in [-0.3, -0.25) is 14.4 Å². The van der Waals surface area contributed by atoms with Crippen LogP contribution < -0.4 is 10.6 Å². The minimum Gasteiger partial charge on any atom is -0.344 e. The Hall–Kier alpha value is -2.17. The molecule has 0 fully saturated rings. The first-order valence-corrected chi connectivity index (χ1v) is 6.50. The topological polar surface area (TPSA) is 75.3 Å². The molecular weight excluding hydrogens is 256 g/mol. The third-order valence-corrected chi connectivity index (χ3v) is 2.87. The molecule has 0 aliphatic heterocycles. The highest BCUT2D eigenvalue weighted by Gasteiger charge is 2.22. The summed E-state index contributed by atoms with van der Waals surface area (Å²) in [5.74, 6) is -0.562. The van der Waals surface area contributed by atoms with Gasteiger partial charge in [-0.25, -0.2) is 0 Å². The SMILES string of the molecule is CC(=O)N[C@H](C(=O)Nc1ccc(C(C)=O)cc1)C(C)C. The van der Waals surface area contributed by atoms with Crippen LogP contribution in [0, 0.1) is 5.92 Å². The highest BCUT2D eigenvalue weighted by atomic mass is 16.2. The smallest absolute Gasteiger partial charge is 0.247 e. The Morgan fingerprint density at radius 3 is 1.95 bits per heavy atom. The monoisotopic (exact) mass is 276 g/mol. The molecule has 0 radical (unpaired) electrons. The lowest BCUT2D eigenvalue weighted by molar-refractivity contribution is -0.126. The highest BCUT2D eigenvalue weighted by Crippen LogP contribution is 2.12. The number of rotatable bonds is 5. The van der Waals surface area contributed by atoms with E-state index < -0.39 is 6.04 Å². The summed E-state index contributed by atoms with van der Waals surface area (Å²) in [5.41, 5.74) is 1.18. The summed E-state index contributed by atoms with van der Waals surface area (Å²) >= 11 is 0. The van der Waals surface area contributed by atoms with Gasteiger partial charge in [0.1, 0.15) is 6.04 Å². The third-order valence-electron chi connectivity index (χ3n) is 2.87. The summed E-state index contributed by atoms with van der Waals surface area (Å²) in [7, 11) is 0. The van der Waals surface area contributed by atoms with Crippen LogP contribution in [0.25, 0.3) is 0 Å². The minimum absolute atomic E-state index is 0.0182. The molecule has 2 amide bonds. The predicted molar refractivity (Wildman–Crippen MR) is 77.5 cm³/mol. The number of carbonyl (C=O) groups excluding carboxylic acids is 3. The van der Waals surface area contributed by atoms with Crippen LogP contribution in [-0.2, 0) is 9.59 Å². The Balaban J connectivity index is 2.77. The van der Waals surface area contributed by atoms with Crippen molar-refractivity contribution in [3.05, 3.63) is 29.8 Å². The van der Waals surface area contributed by atoms with Crippen LogP contribution in [0.15, 0.2) is 24.3 Å². The van der Waals surface area contributed by atoms with E-state index in [2.05, 4.69) is 10.6 Å². The number of ketones is 1. The van der Waals surface area contributed by atoms with Gasteiger partial charge in [-0.2, -0.15) is 0 Å². The maximum absolute atomic E-state index is 12.1. The number of nitrogens with one attached hydrogen (secondary N) is 2. The molecule has 0 aliphatic carbocycles. The Morgan fingerprint density at radius 2 is 1.55 bits per heavy atom. The van der Waals surface area contributed by atoms with Crippen molar-refractivity contribution < 1.29 is 14.4 Å². The fourth-order valence-corrected chi connectivity index (χ4v) is 1.76. The van der Waals surface area contributed by atoms with Gasteiger partial charge in [0, 0.05) is 18.2 Å². The van der Waals surface area contributed by atoms with Crippen molar-refractivity contribution in [3.8, 4) is 0 Å². The largest absolute Gasteiger partial charge is 0.344 e. The highest BCUT2D eigenvalue weighted by molar-refractivity contribution is 5.98. The van der Waals surface area contributed by atoms with Crippen LogP contribution in [0.2, 0.25) is 0 Å². The molecule has 20 heavy (non-hydrogen) atoms. The van der Waals surface area contributed by atoms with E-state index in [1.165, 1.54) is 13.8 Å². The average molecular weight is 276 g/mol. The van der Waals surface area contributed by atoms with Gasteiger partial charge < -0.3 is 10.6 Å². The quantitative estimate of drug-likeness (QED) is 0.807. The average Bonchev–Trinajstić information content (AvgIpc) is 2.35. The number of Topliss-reactive ketones (excluding diaryl/α,β-unsaturated/α-hetero) is 1. The molecule has 0 unspecified atom stereocenters. The molecule has 5 nitrogen and oxygen atoms in total. The maximum atomic E-state index is 12.1. The Morgan fingerprint density at radius 1 is 1.00 bits per heavy atom. The molecule has 0 saturated heterocycles. The van der Waals surface area contributed by atoms with Crippen molar-refractivity contribution >= 4 is 23.3 Å². The van der Waals surface area contributed by atoms with Crippen molar-refractivity contribution in [2.45, 2.75) is 33.7 Å². The second-order valence-electron chi connectivity index (χ2n) is 5.04. The van der Waals surface area contributed by atoms with Gasteiger partial charge in [-0.05, 0) is 37.1 Å². The first-order valence-electron chi connectivity index (χ1n) is 6.50. The standard InChI is InChI=1S/C15H20N2O3/c1-9(2)14(16-11(4)19)15(20)17-13-7-5-12(6-8-13)10(3)18/h5-9,14H,1-4H3,(H,16,19)(H,17,20)/t14-/m0/s1. The van der Waals surface area contributed by atoms with Crippen molar-refractivity contribution in [1.29, 1.82) is 0 Å². The summed E-state index contributed by atoms with van der Waals surface area (Å²) in [5, 5.41) is 5.35. The lowest BCUT2D eigenvalue weighted by Crippen LogP contribution is -2.46. The van der Waals surface area contributed by atoms with E-state index in [4.69, 9.17) is 0 Å². The van der Waals surface area contributed by atoms with Gasteiger partial charge in [0.2, 0.25) is 11.8 Å². The minimum atomic E-state index is -0.583. The molecule has 1 aromatic rings. The van der Waals surface area contributed by atoms with E-state index in [1.54, 1.807) is 24.3 Å². The number of hydrogen-bond acceptors (Lipinski definition) is 3. The molecule has 0 bridgehead atoms. The summed E-state index contributed by atoms with van der Waals surface area (Å²) < 4.78 is 0. The lowest BCUT2D eigenvalue weighted by atomic mass is 10.0. The maximum Gasteiger partial charge on any atom is 0.247 e. The zero-order valence-corrected chi connectivity index (χ0v) is 12.2. The van der Waals surface area contributed by atoms with Crippen molar-refractivity contribution in [3.63, 3.8) is 0 Å². The number of carbonyl (C=O) groups is 3. The van der Waals surface area contributed by atoms with Crippen molar-refractivity contribution in [2.75, 3.05) is 5.32 Å². The van der Waals surface area contributed by atoms with Gasteiger partial charge in [-0.1, -0.05) is 13.8 Å². The molecule has 1 aromatic carbocycles. The molecule has 0 aliphatic rings. The van der Waals surface area contributed by atoms with E-state index in [0.717, 1.165) is 0 Å². The van der Waals surface area contributed by atoms with E-state index in [9.17, 15) is 14.4 Å². The van der Waals surface area contributed by atoms with Gasteiger partial charge >= 0.3 is 0 Å². The first kappa shape index (κ1) is 15.9. The van der Waals surface area contributed by atoms with E-state index in [1.807, 2.05) is 13.8 Å². The second kappa shape index (κ2) is 6.84. The molecule has 5 heteroatoms. The van der Waals surface area contributed by atoms with Crippen molar-refractivity contribution in [2.24, 2.45) is 5.92 Å². The Bertz CT molecular complexity index is 506. The van der Waals surface area contributed by atoms with E-state index in [-0.39, 0.29) is 23.5 Å². The van der Waals surface area contributed by atoms with E-state index in [0.29, 0.717) is 11.3 Å². The summed E-state index contributed by atoms with van der Waals surface area (Å²) in [6.45, 7) is 6.58. The first-order chi connectivity index (χ1) is 9.31. The second-order valence-corrected chi connectivity index (χ2v) is 5.04. The molecule has 2 N–H and O–H groups in total. The fourth-order valence-electron chi connectivity index (χ4n) is 1.76. The fraction of sp³-hybridized carbons (Fsp3) is 0.400. The molecule has 0 saturated carbocycles. The van der Waals surface area contributed by atoms with Crippen LogP contribution in [0.1, 0.15) is 38.1 Å². The van der Waals surface area contributed by atoms with Crippen LogP contribution >= 0.6 is 0 Å². The number of amides is 2. The summed E-state index contributed by atoms with van der Waals surface area (Å²) in [4.78, 5) is 34.4. The van der Waals surface area contributed by atoms with Crippen LogP contribution in [0.3, 0.4) is 0 Å². The number of hydrogen-bond donors (Lipinski definition) is 2. The van der Waals surface area contributed by atoms with Gasteiger partial charge in [0.25, 0.3) is 0 Å². The molecule has 0 heterocycles. The number of anilines is 1.